The van der Waals surface area contributed by atoms with Crippen LogP contribution in [0.25, 0.3) is 0 Å². The van der Waals surface area contributed by atoms with Gasteiger partial charge in [-0.3, -0.25) is 0 Å². The van der Waals surface area contributed by atoms with Gasteiger partial charge >= 0.3 is 0 Å². The zero-order valence-corrected chi connectivity index (χ0v) is 11.7. The Morgan fingerprint density at radius 2 is 1.75 bits per heavy atom. The molecule has 0 aromatic heterocycles. The van der Waals surface area contributed by atoms with E-state index in [1.54, 1.807) is 0 Å². The largest absolute Gasteiger partial charge is 0.321 e. The summed E-state index contributed by atoms with van der Waals surface area (Å²) in [6, 6.07) is 4.49. The minimum atomic E-state index is -0.0841. The summed E-state index contributed by atoms with van der Waals surface area (Å²) in [6.07, 6.45) is 6.12. The van der Waals surface area contributed by atoms with Gasteiger partial charge in [0.1, 0.15) is 0 Å². The molecule has 1 aliphatic carbocycles. The number of nitrogens with two attached hydrogens (primary N) is 1. The first-order chi connectivity index (χ1) is 7.53. The Bertz CT molecular complexity index is 369. The standard InChI is InChI=1S/C14H20BrN/c1-10-8-12(9-13(15)11(10)2)14(16)6-4-3-5-7-14/h8-9H,3-7,16H2,1-2H3. The number of rotatable bonds is 1. The van der Waals surface area contributed by atoms with E-state index in [0.29, 0.717) is 0 Å². The Hall–Kier alpha value is -0.340. The first-order valence-electron chi connectivity index (χ1n) is 6.09. The molecule has 16 heavy (non-hydrogen) atoms. The average Bonchev–Trinajstić information content (AvgIpc) is 2.26. The summed E-state index contributed by atoms with van der Waals surface area (Å²) in [5.41, 5.74) is 10.4. The minimum Gasteiger partial charge on any atom is -0.321 e. The molecule has 0 saturated heterocycles. The second-order valence-corrected chi connectivity index (χ2v) is 5.97. The number of halogens is 1. The number of aryl methyl sites for hydroxylation is 1. The predicted molar refractivity (Wildman–Crippen MR) is 72.6 cm³/mol. The molecule has 2 rings (SSSR count). The van der Waals surface area contributed by atoms with Crippen LogP contribution >= 0.6 is 15.9 Å². The Labute approximate surface area is 107 Å². The van der Waals surface area contributed by atoms with Crippen molar-refractivity contribution >= 4 is 15.9 Å². The van der Waals surface area contributed by atoms with Crippen LogP contribution in [0.3, 0.4) is 0 Å². The Kier molecular flexibility index (Phi) is 3.41. The predicted octanol–water partition coefficient (Wildman–Crippen LogP) is 4.18. The van der Waals surface area contributed by atoms with Gasteiger partial charge in [-0.1, -0.05) is 41.3 Å². The van der Waals surface area contributed by atoms with Gasteiger partial charge in [0, 0.05) is 10.0 Å². The van der Waals surface area contributed by atoms with Crippen molar-refractivity contribution in [2.24, 2.45) is 5.73 Å². The minimum absolute atomic E-state index is 0.0841. The first-order valence-corrected chi connectivity index (χ1v) is 6.88. The molecule has 1 nitrogen and oxygen atoms in total. The molecule has 0 amide bonds. The van der Waals surface area contributed by atoms with E-state index in [9.17, 15) is 0 Å². The van der Waals surface area contributed by atoms with Gasteiger partial charge in [-0.15, -0.1) is 0 Å². The molecule has 0 heterocycles. The third kappa shape index (κ3) is 2.18. The van der Waals surface area contributed by atoms with Crippen LogP contribution in [0.2, 0.25) is 0 Å². The van der Waals surface area contributed by atoms with E-state index in [1.807, 2.05) is 0 Å². The van der Waals surface area contributed by atoms with Crippen molar-refractivity contribution < 1.29 is 0 Å². The molecule has 1 saturated carbocycles. The van der Waals surface area contributed by atoms with E-state index in [1.165, 1.54) is 40.4 Å². The highest BCUT2D eigenvalue weighted by atomic mass is 79.9. The lowest BCUT2D eigenvalue weighted by Gasteiger charge is -2.34. The second kappa shape index (κ2) is 4.50. The summed E-state index contributed by atoms with van der Waals surface area (Å²) in [5, 5.41) is 0. The highest BCUT2D eigenvalue weighted by molar-refractivity contribution is 9.10. The molecule has 0 radical (unpaired) electrons. The monoisotopic (exact) mass is 281 g/mol. The van der Waals surface area contributed by atoms with E-state index < -0.39 is 0 Å². The van der Waals surface area contributed by atoms with Crippen LogP contribution in [0.1, 0.15) is 48.8 Å². The second-order valence-electron chi connectivity index (χ2n) is 5.12. The highest BCUT2D eigenvalue weighted by Gasteiger charge is 2.29. The van der Waals surface area contributed by atoms with Gasteiger partial charge in [-0.05, 0) is 49.4 Å². The molecular weight excluding hydrogens is 262 g/mol. The fraction of sp³-hybridized carbons (Fsp3) is 0.571. The van der Waals surface area contributed by atoms with Gasteiger partial charge < -0.3 is 5.73 Å². The van der Waals surface area contributed by atoms with Crippen molar-refractivity contribution in [2.75, 3.05) is 0 Å². The molecule has 88 valence electrons. The molecule has 1 aromatic rings. The van der Waals surface area contributed by atoms with Gasteiger partial charge in [0.2, 0.25) is 0 Å². The molecular formula is C14H20BrN. The summed E-state index contributed by atoms with van der Waals surface area (Å²) in [5.74, 6) is 0. The van der Waals surface area contributed by atoms with E-state index in [4.69, 9.17) is 5.73 Å². The summed E-state index contributed by atoms with van der Waals surface area (Å²) < 4.78 is 1.19. The SMILES string of the molecule is Cc1cc(C2(N)CCCCC2)cc(Br)c1C. The maximum Gasteiger partial charge on any atom is 0.0410 e. The average molecular weight is 282 g/mol. The normalized spacial score (nSPS) is 19.8. The van der Waals surface area contributed by atoms with Crippen molar-refractivity contribution in [3.05, 3.63) is 33.3 Å². The van der Waals surface area contributed by atoms with Crippen LogP contribution in [0.4, 0.5) is 0 Å². The zero-order chi connectivity index (χ0) is 11.8. The van der Waals surface area contributed by atoms with Crippen molar-refractivity contribution in [2.45, 2.75) is 51.5 Å². The zero-order valence-electron chi connectivity index (χ0n) is 10.1. The van der Waals surface area contributed by atoms with Crippen LogP contribution in [-0.2, 0) is 5.54 Å². The van der Waals surface area contributed by atoms with Crippen LogP contribution in [0.5, 0.6) is 0 Å². The fourth-order valence-electron chi connectivity index (χ4n) is 2.58. The number of hydrogen-bond donors (Lipinski definition) is 1. The fourth-order valence-corrected chi connectivity index (χ4v) is 3.13. The van der Waals surface area contributed by atoms with Crippen molar-refractivity contribution in [3.8, 4) is 0 Å². The van der Waals surface area contributed by atoms with E-state index >= 15 is 0 Å². The van der Waals surface area contributed by atoms with E-state index in [2.05, 4.69) is 41.9 Å². The van der Waals surface area contributed by atoms with Gasteiger partial charge in [0.15, 0.2) is 0 Å². The van der Waals surface area contributed by atoms with Crippen molar-refractivity contribution in [3.63, 3.8) is 0 Å². The summed E-state index contributed by atoms with van der Waals surface area (Å²) in [6.45, 7) is 4.31. The van der Waals surface area contributed by atoms with Gasteiger partial charge in [0.25, 0.3) is 0 Å². The molecule has 2 heteroatoms. The Morgan fingerprint density at radius 3 is 2.31 bits per heavy atom. The third-order valence-electron chi connectivity index (χ3n) is 3.92. The molecule has 0 aliphatic heterocycles. The maximum atomic E-state index is 6.55. The Balaban J connectivity index is 2.39. The number of hydrogen-bond acceptors (Lipinski definition) is 1. The van der Waals surface area contributed by atoms with Crippen molar-refractivity contribution in [1.29, 1.82) is 0 Å². The topological polar surface area (TPSA) is 26.0 Å². The molecule has 0 atom stereocenters. The molecule has 1 fully saturated rings. The highest BCUT2D eigenvalue weighted by Crippen LogP contribution is 2.37. The summed E-state index contributed by atoms with van der Waals surface area (Å²) in [7, 11) is 0. The molecule has 0 bridgehead atoms. The van der Waals surface area contributed by atoms with E-state index in [-0.39, 0.29) is 5.54 Å². The molecule has 0 unspecified atom stereocenters. The smallest absolute Gasteiger partial charge is 0.0410 e. The van der Waals surface area contributed by atoms with Crippen LogP contribution in [0.15, 0.2) is 16.6 Å². The first kappa shape index (κ1) is 12.1. The third-order valence-corrected chi connectivity index (χ3v) is 4.75. The molecule has 1 aromatic carbocycles. The lowest BCUT2D eigenvalue weighted by Crippen LogP contribution is -2.38. The number of benzene rings is 1. The lowest BCUT2D eigenvalue weighted by atomic mass is 9.77. The Morgan fingerprint density at radius 1 is 1.12 bits per heavy atom. The van der Waals surface area contributed by atoms with Crippen molar-refractivity contribution in [1.82, 2.24) is 0 Å². The quantitative estimate of drug-likeness (QED) is 0.821. The molecule has 1 aliphatic rings. The summed E-state index contributed by atoms with van der Waals surface area (Å²) >= 11 is 3.63. The summed E-state index contributed by atoms with van der Waals surface area (Å²) in [4.78, 5) is 0. The van der Waals surface area contributed by atoms with Gasteiger partial charge in [-0.25, -0.2) is 0 Å². The van der Waals surface area contributed by atoms with Crippen LogP contribution in [-0.4, -0.2) is 0 Å². The van der Waals surface area contributed by atoms with E-state index in [0.717, 1.165) is 12.8 Å². The maximum absolute atomic E-state index is 6.55. The van der Waals surface area contributed by atoms with Crippen LogP contribution < -0.4 is 5.73 Å². The lowest BCUT2D eigenvalue weighted by molar-refractivity contribution is 0.302. The van der Waals surface area contributed by atoms with Crippen LogP contribution in [0, 0.1) is 13.8 Å². The molecule has 2 N–H and O–H groups in total. The van der Waals surface area contributed by atoms with Gasteiger partial charge in [-0.2, -0.15) is 0 Å². The van der Waals surface area contributed by atoms with Gasteiger partial charge in [0.05, 0.1) is 0 Å². The molecule has 0 spiro atoms.